The maximum absolute atomic E-state index is 12.9. The summed E-state index contributed by atoms with van der Waals surface area (Å²) in [4.78, 5) is 77.8. The van der Waals surface area contributed by atoms with Crippen LogP contribution in [0.5, 0.6) is 0 Å². The molecule has 6 aromatic rings. The molecule has 0 aliphatic carbocycles. The molecular formula is C49H62N18O3. The Balaban J connectivity index is 0.000000221. The first kappa shape index (κ1) is 21.8. The lowest BCUT2D eigenvalue weighted by Gasteiger charge is -2.41. The van der Waals surface area contributed by atoms with Crippen molar-refractivity contribution in [3.05, 3.63) is 89.4 Å². The van der Waals surface area contributed by atoms with Gasteiger partial charge in [0.2, 0.25) is 0 Å². The number of amides is 3. The Bertz CT molecular complexity index is 4550. The number of nitrogens with zero attached hydrogens (tertiary/aromatic N) is 15. The van der Waals surface area contributed by atoms with Crippen molar-refractivity contribution in [1.82, 2.24) is 59.6 Å². The molecule has 21 heteroatoms. The number of carbonyl (C=O) groups excluding carboxylic acids is 3. The number of aromatic nitrogens is 9. The summed E-state index contributed by atoms with van der Waals surface area (Å²) in [5.74, 6) is -15.0. The molecule has 0 bridgehead atoms. The van der Waals surface area contributed by atoms with Crippen LogP contribution in [0.2, 0.25) is 0 Å². The number of fused-ring (bicyclic) bond motifs is 3. The number of carbonyl (C=O) groups is 3. The van der Waals surface area contributed by atoms with E-state index >= 15 is 0 Å². The smallest absolute Gasteiger partial charge is 0.302 e. The van der Waals surface area contributed by atoms with Crippen molar-refractivity contribution in [3.63, 3.8) is 0 Å². The van der Waals surface area contributed by atoms with Crippen LogP contribution in [-0.4, -0.2) is 175 Å². The summed E-state index contributed by atoms with van der Waals surface area (Å²) in [7, 11) is 1.39. The van der Waals surface area contributed by atoms with Gasteiger partial charge in [0.25, 0.3) is 19.6 Å². The summed E-state index contributed by atoms with van der Waals surface area (Å²) >= 11 is 0. The van der Waals surface area contributed by atoms with Crippen LogP contribution in [0.25, 0.3) is 47.6 Å². The largest absolute Gasteiger partial charge is 0.354 e. The normalized spacial score (nSPS) is 39.6. The monoisotopic (exact) mass is 986 g/mol. The predicted octanol–water partition coefficient (Wildman–Crippen LogP) is 4.96. The molecule has 70 heavy (non-hydrogen) atoms. The summed E-state index contributed by atoms with van der Waals surface area (Å²) in [5, 5.41) is -0.207. The lowest BCUT2D eigenvalue weighted by atomic mass is 9.92. The quantitative estimate of drug-likeness (QED) is 0.164. The summed E-state index contributed by atoms with van der Waals surface area (Å²) < 4.78 is 293. The number of piperidine rings is 3. The van der Waals surface area contributed by atoms with E-state index in [-0.39, 0.29) is 64.6 Å². The molecule has 3 saturated heterocycles. The summed E-state index contributed by atoms with van der Waals surface area (Å²) in [6, 6.07) is -6.88. The van der Waals surface area contributed by atoms with E-state index < -0.39 is 187 Å². The highest BCUT2D eigenvalue weighted by Gasteiger charge is 2.36. The van der Waals surface area contributed by atoms with Crippen molar-refractivity contribution < 1.29 is 62.4 Å². The van der Waals surface area contributed by atoms with Crippen molar-refractivity contribution in [2.24, 2.45) is 17.7 Å². The average Bonchev–Trinajstić information content (AvgIpc) is 1.45. The van der Waals surface area contributed by atoms with Gasteiger partial charge in [0.1, 0.15) is 57.4 Å². The van der Waals surface area contributed by atoms with Crippen LogP contribution in [-0.2, 0) is 14.4 Å². The van der Waals surface area contributed by atoms with E-state index in [4.69, 9.17) is 66.3 Å². The lowest BCUT2D eigenvalue weighted by molar-refractivity contribution is -0.131. The molecule has 6 aromatic heterocycles. The fourth-order valence-electron chi connectivity index (χ4n) is 6.41. The van der Waals surface area contributed by atoms with Gasteiger partial charge in [-0.25, -0.2) is 49.6 Å². The highest BCUT2D eigenvalue weighted by atomic mass is 16.2. The minimum Gasteiger partial charge on any atom is -0.354 e. The van der Waals surface area contributed by atoms with Crippen LogP contribution in [0.3, 0.4) is 0 Å². The zero-order valence-corrected chi connectivity index (χ0v) is 37.0. The number of hydrogen-bond donors (Lipinski definition) is 3. The molecule has 3 N–H and O–H groups in total. The molecule has 0 saturated carbocycles. The van der Waals surface area contributed by atoms with Gasteiger partial charge in [-0.3, -0.25) is 14.4 Å². The highest BCUT2D eigenvalue weighted by molar-refractivity contribution is 5.89. The zero-order chi connectivity index (χ0) is 80.9. The van der Waals surface area contributed by atoms with E-state index in [0.717, 1.165) is 6.07 Å². The highest BCUT2D eigenvalue weighted by Crippen LogP contribution is 2.32. The second-order valence-corrected chi connectivity index (χ2v) is 14.5. The van der Waals surface area contributed by atoms with Gasteiger partial charge in [0.05, 0.1) is 46.6 Å². The molecule has 3 fully saturated rings. The van der Waals surface area contributed by atoms with Crippen LogP contribution in [0.1, 0.15) is 93.5 Å². The molecule has 0 unspecified atom stereocenters. The van der Waals surface area contributed by atoms with Crippen LogP contribution in [0, 0.1) is 44.3 Å². The van der Waals surface area contributed by atoms with E-state index in [9.17, 15) is 15.8 Å². The first-order valence-corrected chi connectivity index (χ1v) is 20.1. The Morgan fingerprint density at radius 3 is 1.66 bits per heavy atom. The molecule has 21 nitrogen and oxygen atoms in total. The van der Waals surface area contributed by atoms with Crippen LogP contribution >= 0.6 is 0 Å². The van der Waals surface area contributed by atoms with E-state index in [2.05, 4.69) is 59.4 Å². The Labute approximate surface area is 457 Å². The van der Waals surface area contributed by atoms with Gasteiger partial charge in [-0.05, 0) is 61.9 Å². The van der Waals surface area contributed by atoms with Gasteiger partial charge in [0.15, 0.2) is 0 Å². The van der Waals surface area contributed by atoms with Gasteiger partial charge in [-0.1, -0.05) is 20.7 Å². The van der Waals surface area contributed by atoms with E-state index in [1.165, 1.54) is 37.3 Å². The molecule has 0 spiro atoms. The molecule has 366 valence electrons. The van der Waals surface area contributed by atoms with Crippen molar-refractivity contribution in [2.45, 2.75) is 64.8 Å². The third kappa shape index (κ3) is 11.0. The van der Waals surface area contributed by atoms with Crippen LogP contribution in [0.15, 0.2) is 49.5 Å². The Morgan fingerprint density at radius 1 is 0.700 bits per heavy atom. The fraction of sp³-hybridized carbons (Fsp3) is 0.510. The van der Waals surface area contributed by atoms with Gasteiger partial charge in [0, 0.05) is 110 Å². The number of aromatic amines is 3. The number of hydrogen-bond acceptors (Lipinski definition) is 12. The Morgan fingerprint density at radius 2 is 1.16 bits per heavy atom. The third-order valence-corrected chi connectivity index (χ3v) is 9.79. The molecular weight excluding hydrogens is 889 g/mol. The van der Waals surface area contributed by atoms with Gasteiger partial charge in [-0.2, -0.15) is 0 Å². The Kier molecular flexibility index (Phi) is 7.02. The number of anilines is 3. The maximum Gasteiger partial charge on any atom is 0.302 e. The number of rotatable bonds is 9. The third-order valence-electron chi connectivity index (χ3n) is 9.79. The number of H-pyrrole nitrogens is 3. The minimum atomic E-state index is -4.29. The second-order valence-electron chi connectivity index (χ2n) is 14.5. The second kappa shape index (κ2) is 22.5. The standard InChI is InChI=1S/C17H22N6O.2C16H20N6O/c1-11-5-6-23(15(24)8-18-3)9-14(11)22(4)17-13-7-12(2)21-16(13)19-10-20-17;2*1-11-5-7-22(14(23)8-17-2)9-13(11)21(3)16-12-4-6-18-15(12)19-10-20-16/h7,10-11,14H,5-6,8-9H2,1-2,4H3,(H,19,20,21);2*4,6,10-11,13H,5,7-9H2,1,3H3,(H,18,19,20)/t11-,14+;2*11-,13+/m111/s1/i5D2,6D2,7D,9D2,10D;1D3,3D3,5D2,7D2,9D2,10D,11D,13D;3D3,5D2,7D2,9D2,10D,11D,13D. The van der Waals surface area contributed by atoms with Crippen molar-refractivity contribution in [1.29, 1.82) is 0 Å². The van der Waals surface area contributed by atoms with Crippen molar-refractivity contribution in [2.75, 3.05) is 94.3 Å². The minimum absolute atomic E-state index is 0.00802. The van der Waals surface area contributed by atoms with Crippen LogP contribution < -0.4 is 14.7 Å². The molecule has 3 aliphatic rings. The molecule has 9 heterocycles. The summed E-state index contributed by atoms with van der Waals surface area (Å²) in [6.45, 7) is -11.5. The number of aryl methyl sites for hydroxylation is 1. The number of likely N-dealkylation sites (N-methyl/N-ethyl adjacent to an activating group) is 3. The number of nitrogens with one attached hydrogen (secondary N) is 3. The molecule has 3 amide bonds. The molecule has 6 atom stereocenters. The van der Waals surface area contributed by atoms with E-state index in [0.29, 0.717) is 12.6 Å². The zero-order valence-electron chi connectivity index (χ0n) is 72.0. The fourth-order valence-corrected chi connectivity index (χ4v) is 6.41. The first-order chi connectivity index (χ1) is 47.3. The van der Waals surface area contributed by atoms with Gasteiger partial charge in [-0.15, -0.1) is 0 Å². The SMILES string of the molecule is [2H]c1nc(N(C([2H])([2H])[2H])[C@@]2([2H])C([2H])([2H])N(C(=O)C[N+]#[C-])C([2H])([2H])C([2H])([2H])[C@@]2([2H])C([2H])([2H])[2H])c2cc[nH]c2n1.[2H]c1nc(N(C([2H])([2H])[2H])[C@@]2([2H])C([2H])([2H])N(C(=O)C[N+]#[C-])C([2H])([2H])C([2H])([2H])[C@@]2([2H])C)c2cc[nH]c2n1.[2H]c1nc(N(C)[C@@H]2[C@H](C)C([2H])([2H])C([2H])([2H])N(C(=O)C[N+]#[C-])C2([2H])[2H])c2c([2H])c(C)[nH]c2n1. The maximum atomic E-state index is 12.9. The van der Waals surface area contributed by atoms with E-state index in [1.807, 2.05) is 0 Å². The molecule has 9 rings (SSSR count). The average molecular weight is 986 g/mol. The summed E-state index contributed by atoms with van der Waals surface area (Å²) in [5.41, 5.74) is 0.338. The number of likely N-dealkylation sites (tertiary alicyclic amines) is 3. The molecule has 0 aromatic carbocycles. The predicted molar refractivity (Wildman–Crippen MR) is 268 cm³/mol. The van der Waals surface area contributed by atoms with Crippen molar-refractivity contribution in [3.8, 4) is 0 Å². The topological polar surface area (TPSA) is 208 Å². The van der Waals surface area contributed by atoms with Crippen molar-refractivity contribution >= 4 is 68.3 Å². The van der Waals surface area contributed by atoms with Gasteiger partial charge < -0.3 is 58.9 Å². The van der Waals surface area contributed by atoms with Gasteiger partial charge >= 0.3 is 17.7 Å². The lowest BCUT2D eigenvalue weighted by Crippen LogP contribution is -2.53. The first-order valence-electron chi connectivity index (χ1n) is 37.6. The van der Waals surface area contributed by atoms with E-state index in [1.54, 1.807) is 6.92 Å². The Hall–Kier alpha value is -7.86. The molecule has 3 aliphatic heterocycles. The summed E-state index contributed by atoms with van der Waals surface area (Å²) in [6.07, 6.45) is -9.96. The molecule has 0 radical (unpaired) electrons. The van der Waals surface area contributed by atoms with Crippen LogP contribution in [0.4, 0.5) is 17.5 Å².